The topological polar surface area (TPSA) is 18.5 Å². The number of benzene rings is 7. The average molecular weight is 1140 g/mol. The van der Waals surface area contributed by atoms with E-state index in [1.54, 1.807) is 0 Å². The van der Waals surface area contributed by atoms with Crippen LogP contribution < -0.4 is 31.3 Å². The monoisotopic (exact) mass is 1140 g/mol. The third-order valence-electron chi connectivity index (χ3n) is 12.0. The van der Waals surface area contributed by atoms with Crippen molar-refractivity contribution in [2.45, 2.75) is 53.5 Å². The van der Waals surface area contributed by atoms with E-state index in [4.69, 9.17) is 9.47 Å². The summed E-state index contributed by atoms with van der Waals surface area (Å²) in [6.07, 6.45) is -2.76. The van der Waals surface area contributed by atoms with Crippen molar-refractivity contribution < 1.29 is 97.3 Å². The van der Waals surface area contributed by atoms with Gasteiger partial charge in [0.05, 0.1) is 13.2 Å². The Bertz CT molecular complexity index is 3050. The molecule has 0 atom stereocenters. The van der Waals surface area contributed by atoms with E-state index in [9.17, 15) is 52.7 Å². The summed E-state index contributed by atoms with van der Waals surface area (Å²) < 4.78 is 308. The summed E-state index contributed by atoms with van der Waals surface area (Å²) >= 11 is 1.89. The van der Waals surface area contributed by atoms with Crippen LogP contribution >= 0.6 is 11.3 Å². The van der Waals surface area contributed by atoms with Gasteiger partial charge in [0.2, 0.25) is 4.21 Å². The predicted octanol–water partition coefficient (Wildman–Crippen LogP) is 14.2. The first kappa shape index (κ1) is 57.8. The van der Waals surface area contributed by atoms with Crippen molar-refractivity contribution >= 4 is 60.3 Å². The van der Waals surface area contributed by atoms with Gasteiger partial charge in [0, 0.05) is 10.8 Å². The molecule has 0 bridgehead atoms. The van der Waals surface area contributed by atoms with Crippen molar-refractivity contribution in [3.05, 3.63) is 195 Å². The summed E-state index contributed by atoms with van der Waals surface area (Å²) in [5.41, 5.74) is -14.3. The van der Waals surface area contributed by atoms with Crippen LogP contribution in [0.5, 0.6) is 11.5 Å². The van der Waals surface area contributed by atoms with Gasteiger partial charge >= 0.3 is 0 Å². The van der Waals surface area contributed by atoms with E-state index in [-0.39, 0.29) is 10.9 Å². The van der Waals surface area contributed by atoms with Crippen LogP contribution in [0.25, 0.3) is 10.1 Å². The third kappa shape index (κ3) is 10.3. The number of hydrogen-bond acceptors (Lipinski definition) is 3. The number of ether oxygens (including phenoxy) is 2. The van der Waals surface area contributed by atoms with Crippen LogP contribution in [0.3, 0.4) is 0 Å². The molecule has 0 aliphatic heterocycles. The van der Waals surface area contributed by atoms with Gasteiger partial charge in [-0.15, -0.1) is 21.9 Å². The fraction of sp³-hybridized carbons (Fsp3) is 0.154. The summed E-state index contributed by atoms with van der Waals surface area (Å²) in [4.78, 5) is 2.61. The number of rotatable bonds is 15. The number of unbranched alkanes of at least 4 members (excludes halogenated alkanes) is 2. The largest absolute Gasteiger partial charge is 0.494 e. The molecular weight excluding hydrogens is 1110 g/mol. The fourth-order valence-electron chi connectivity index (χ4n) is 8.31. The maximum Gasteiger partial charge on any atom is 0.221 e. The highest BCUT2D eigenvalue weighted by Gasteiger charge is 2.52. The lowest BCUT2D eigenvalue weighted by atomic mass is 9.12. The van der Waals surface area contributed by atoms with E-state index in [0.29, 0.717) is 0 Å². The maximum absolute atomic E-state index is 15.4. The number of thiophene rings is 1. The van der Waals surface area contributed by atoms with E-state index < -0.39 is 144 Å². The van der Waals surface area contributed by atoms with Gasteiger partial charge in [-0.3, -0.25) is 0 Å². The van der Waals surface area contributed by atoms with Gasteiger partial charge < -0.3 is 9.47 Å². The van der Waals surface area contributed by atoms with Crippen LogP contribution in [0.2, 0.25) is 0 Å². The van der Waals surface area contributed by atoms with Gasteiger partial charge in [-0.05, 0) is 72.8 Å². The second-order valence-corrected chi connectivity index (χ2v) is 19.9. The smallest absolute Gasteiger partial charge is 0.221 e. The summed E-state index contributed by atoms with van der Waals surface area (Å²) in [6.45, 7) is 5.92. The number of fused-ring (bicyclic) bond motifs is 1. The van der Waals surface area contributed by atoms with Crippen LogP contribution in [-0.2, 0) is 10.9 Å². The Balaban J connectivity index is 0.000000236. The lowest BCUT2D eigenvalue weighted by Gasteiger charge is -2.44. The van der Waals surface area contributed by atoms with Crippen molar-refractivity contribution in [3.63, 3.8) is 0 Å². The van der Waals surface area contributed by atoms with E-state index >= 15 is 35.1 Å². The Hall–Kier alpha value is -6.89. The second kappa shape index (κ2) is 23.4. The Morgan fingerprint density at radius 2 is 0.636 bits per heavy atom. The van der Waals surface area contributed by atoms with Gasteiger partial charge in [-0.2, -0.15) is 0 Å². The third-order valence-corrected chi connectivity index (χ3v) is 15.6. The number of halogens is 20. The first-order valence-electron chi connectivity index (χ1n) is 22.4. The van der Waals surface area contributed by atoms with Gasteiger partial charge in [0.25, 0.3) is 0 Å². The molecule has 0 fully saturated rings. The van der Waals surface area contributed by atoms with Crippen LogP contribution in [0.15, 0.2) is 92.9 Å². The molecule has 0 aliphatic rings. The fourth-order valence-corrected chi connectivity index (χ4v) is 12.1. The molecule has 1 aromatic heterocycles. The highest BCUT2D eigenvalue weighted by Crippen LogP contribution is 2.40. The molecule has 8 aromatic rings. The molecule has 406 valence electrons. The van der Waals surface area contributed by atoms with Crippen molar-refractivity contribution in [2.75, 3.05) is 13.2 Å². The van der Waals surface area contributed by atoms with E-state index in [1.807, 2.05) is 11.3 Å². The molecule has 0 spiro atoms. The number of hydrogen-bond donors (Lipinski definition) is 0. The maximum atomic E-state index is 15.4. The van der Waals surface area contributed by atoms with Gasteiger partial charge in [-0.1, -0.05) is 56.2 Å². The van der Waals surface area contributed by atoms with Crippen LogP contribution in [0.4, 0.5) is 87.8 Å². The molecule has 0 saturated heterocycles. The molecule has 0 N–H and O–H groups in total. The zero-order valence-corrected chi connectivity index (χ0v) is 40.7. The summed E-state index contributed by atoms with van der Waals surface area (Å²) in [6, 6.07) is 28.3. The first-order valence-corrected chi connectivity index (χ1v) is 24.4. The molecular formula is C52H31BF20O2S2. The summed E-state index contributed by atoms with van der Waals surface area (Å²) in [7, 11) is -0.171. The molecule has 77 heavy (non-hydrogen) atoms. The highest BCUT2D eigenvalue weighted by atomic mass is 32.2. The van der Waals surface area contributed by atoms with Crippen LogP contribution in [-0.4, -0.2) is 19.4 Å². The molecule has 0 saturated carbocycles. The van der Waals surface area contributed by atoms with Gasteiger partial charge in [-0.25, -0.2) is 87.8 Å². The molecule has 1 heterocycles. The van der Waals surface area contributed by atoms with E-state index in [0.717, 1.165) is 50.4 Å². The Morgan fingerprint density at radius 3 is 0.909 bits per heavy atom. The minimum absolute atomic E-state index is 0.171. The van der Waals surface area contributed by atoms with E-state index in [2.05, 4.69) is 92.7 Å². The molecule has 0 unspecified atom stereocenters. The molecule has 7 aromatic carbocycles. The second-order valence-electron chi connectivity index (χ2n) is 16.6. The van der Waals surface area contributed by atoms with E-state index in [1.165, 1.54) is 24.1 Å². The van der Waals surface area contributed by atoms with Gasteiger partial charge in [0.1, 0.15) is 75.1 Å². The summed E-state index contributed by atoms with van der Waals surface area (Å²) in [5.74, 6) is -69.5. The minimum Gasteiger partial charge on any atom is -0.494 e. The molecule has 0 aliphatic carbocycles. The highest BCUT2D eigenvalue weighted by molar-refractivity contribution is 7.99. The van der Waals surface area contributed by atoms with Crippen molar-refractivity contribution in [1.82, 2.24) is 0 Å². The van der Waals surface area contributed by atoms with Gasteiger partial charge in [0.15, 0.2) is 79.6 Å². The Labute approximate surface area is 429 Å². The lowest BCUT2D eigenvalue weighted by molar-refractivity contribution is 0.309. The van der Waals surface area contributed by atoms with Crippen molar-refractivity contribution in [2.24, 2.45) is 0 Å². The quantitative estimate of drug-likeness (QED) is 0.0254. The molecule has 2 nitrogen and oxygen atoms in total. The Morgan fingerprint density at radius 1 is 0.364 bits per heavy atom. The Kier molecular flexibility index (Phi) is 17.6. The first-order chi connectivity index (χ1) is 36.5. The van der Waals surface area contributed by atoms with Crippen LogP contribution in [0.1, 0.15) is 39.5 Å². The summed E-state index contributed by atoms with van der Waals surface area (Å²) in [5, 5.41) is 1.31. The normalized spacial score (nSPS) is 11.7. The standard InChI is InChI=1S/C28H31O2S2.C24BF20/c1-3-5-19-29-23-11-15-25(16-12-23)32(28-21-22-9-7-8-10-27(22)31-28)26-17-13-24(14-18-26)30-20-6-4-2;26-5-1(6(27)14(35)21(42)13(5)34)25(2-7(28)15(36)22(43)16(37)8(2)29,3-9(30)17(38)23(44)18(39)10(3)31)4-11(32)19(40)24(45)20(41)12(4)33/h7-18,21H,3-6,19-20H2,1-2H3;/q+1;-1. The van der Waals surface area contributed by atoms with Crippen molar-refractivity contribution in [1.29, 1.82) is 0 Å². The minimum atomic E-state index is -7.22. The predicted molar refractivity (Wildman–Crippen MR) is 247 cm³/mol. The lowest BCUT2D eigenvalue weighted by Crippen LogP contribution is -2.81. The van der Waals surface area contributed by atoms with Crippen molar-refractivity contribution in [3.8, 4) is 11.5 Å². The van der Waals surface area contributed by atoms with Crippen LogP contribution in [0, 0.1) is 116 Å². The molecule has 8 rings (SSSR count). The average Bonchev–Trinajstić information content (AvgIpc) is 3.92. The molecule has 0 radical (unpaired) electrons. The zero-order valence-electron chi connectivity index (χ0n) is 39.0. The zero-order chi connectivity index (χ0) is 56.5. The SMILES string of the molecule is CCCCOc1ccc([S+](c2ccc(OCCCC)cc2)c2cc3ccccc3s2)cc1.Fc1c(F)c(F)c([B-](c2c(F)c(F)c(F)c(F)c2F)(c2c(F)c(F)c(F)c(F)c2F)c2c(F)c(F)c(F)c(F)c2F)c(F)c1F. The molecule has 25 heteroatoms. The molecule has 0 amide bonds.